The van der Waals surface area contributed by atoms with Crippen LogP contribution in [0.1, 0.15) is 56.2 Å². The molecule has 5 nitrogen and oxygen atoms in total. The summed E-state index contributed by atoms with van der Waals surface area (Å²) in [5.74, 6) is 0.1000. The van der Waals surface area contributed by atoms with Gasteiger partial charge in [0, 0.05) is 27.2 Å². The van der Waals surface area contributed by atoms with E-state index in [-0.39, 0.29) is 5.63 Å². The number of ether oxygens (including phenoxy) is 1. The SMILES string of the molecule is CCCc1c(OCCCSc2ccc(C(C)C(=O)O)cc2Cl)ccc2cc(CC)c(=O)oc12. The molecule has 0 saturated heterocycles. The number of fused-ring (bicyclic) bond motifs is 1. The number of halogens is 1. The normalized spacial score (nSPS) is 12.1. The quantitative estimate of drug-likeness (QED) is 0.183. The maximum Gasteiger partial charge on any atom is 0.339 e. The molecular formula is C26H29ClO5S. The molecule has 0 saturated carbocycles. The van der Waals surface area contributed by atoms with Gasteiger partial charge in [0.1, 0.15) is 11.3 Å². The van der Waals surface area contributed by atoms with Gasteiger partial charge in [0.05, 0.1) is 17.5 Å². The van der Waals surface area contributed by atoms with Crippen LogP contribution < -0.4 is 10.4 Å². The fraction of sp³-hybridized carbons (Fsp3) is 0.385. The van der Waals surface area contributed by atoms with Crippen LogP contribution in [-0.4, -0.2) is 23.4 Å². The number of carboxylic acids is 1. The van der Waals surface area contributed by atoms with Crippen molar-refractivity contribution in [2.75, 3.05) is 12.4 Å². The van der Waals surface area contributed by atoms with Crippen molar-refractivity contribution in [2.45, 2.75) is 57.3 Å². The Bertz CT molecular complexity index is 1190. The van der Waals surface area contributed by atoms with Crippen LogP contribution in [0.25, 0.3) is 11.0 Å². The van der Waals surface area contributed by atoms with E-state index in [1.165, 1.54) is 0 Å². The van der Waals surface area contributed by atoms with E-state index in [0.29, 0.717) is 34.8 Å². The van der Waals surface area contributed by atoms with Crippen molar-refractivity contribution < 1.29 is 19.1 Å². The summed E-state index contributed by atoms with van der Waals surface area (Å²) >= 11 is 7.97. The Hall–Kier alpha value is -2.44. The standard InChI is InChI=1S/C26H29ClO5S/c1-4-7-20-22(10-8-19-14-17(5-2)26(30)32-24(19)20)31-12-6-13-33-23-11-9-18(15-21(23)27)16(3)25(28)29/h8-11,14-16H,4-7,12-13H2,1-3H3,(H,28,29). The first-order valence-electron chi connectivity index (χ1n) is 11.2. The molecule has 1 heterocycles. The van der Waals surface area contributed by atoms with Crippen molar-refractivity contribution in [1.82, 2.24) is 0 Å². The van der Waals surface area contributed by atoms with Crippen LogP contribution in [0.15, 0.2) is 50.5 Å². The zero-order valence-electron chi connectivity index (χ0n) is 19.2. The average molecular weight is 489 g/mol. The molecule has 0 amide bonds. The topological polar surface area (TPSA) is 76.7 Å². The number of carbonyl (C=O) groups is 1. The van der Waals surface area contributed by atoms with Gasteiger partial charge < -0.3 is 14.3 Å². The largest absolute Gasteiger partial charge is 0.493 e. The van der Waals surface area contributed by atoms with Crippen LogP contribution in [0.4, 0.5) is 0 Å². The lowest BCUT2D eigenvalue weighted by atomic mass is 10.0. The Labute approximate surface area is 203 Å². The van der Waals surface area contributed by atoms with Crippen LogP contribution >= 0.6 is 23.4 Å². The molecule has 7 heteroatoms. The Morgan fingerprint density at radius 2 is 2.00 bits per heavy atom. The molecule has 0 aliphatic heterocycles. The Morgan fingerprint density at radius 1 is 1.21 bits per heavy atom. The summed E-state index contributed by atoms with van der Waals surface area (Å²) in [4.78, 5) is 24.3. The Balaban J connectivity index is 1.62. The highest BCUT2D eigenvalue weighted by Crippen LogP contribution is 2.32. The number of thioether (sulfide) groups is 1. The molecular weight excluding hydrogens is 460 g/mol. The number of rotatable bonds is 11. The molecule has 176 valence electrons. The summed E-state index contributed by atoms with van der Waals surface area (Å²) < 4.78 is 11.7. The lowest BCUT2D eigenvalue weighted by molar-refractivity contribution is -0.138. The van der Waals surface area contributed by atoms with Gasteiger partial charge in [0.25, 0.3) is 0 Å². The lowest BCUT2D eigenvalue weighted by Crippen LogP contribution is -2.08. The fourth-order valence-electron chi connectivity index (χ4n) is 3.60. The summed E-state index contributed by atoms with van der Waals surface area (Å²) in [5, 5.41) is 10.6. The maximum atomic E-state index is 12.2. The van der Waals surface area contributed by atoms with Gasteiger partial charge in [-0.2, -0.15) is 0 Å². The molecule has 0 fully saturated rings. The predicted octanol–water partition coefficient (Wildman–Crippen LogP) is 6.71. The first kappa shape index (κ1) is 25.2. The number of hydrogen-bond acceptors (Lipinski definition) is 5. The van der Waals surface area contributed by atoms with E-state index in [0.717, 1.165) is 46.6 Å². The Kier molecular flexibility index (Phi) is 8.87. The van der Waals surface area contributed by atoms with Crippen LogP contribution in [0.5, 0.6) is 5.75 Å². The third-order valence-electron chi connectivity index (χ3n) is 5.55. The van der Waals surface area contributed by atoms with Gasteiger partial charge in [-0.05, 0) is 62.1 Å². The van der Waals surface area contributed by atoms with E-state index >= 15 is 0 Å². The van der Waals surface area contributed by atoms with Gasteiger partial charge in [-0.15, -0.1) is 11.8 Å². The monoisotopic (exact) mass is 488 g/mol. The molecule has 0 aliphatic carbocycles. The second kappa shape index (κ2) is 11.6. The van der Waals surface area contributed by atoms with Gasteiger partial charge in [-0.1, -0.05) is 37.9 Å². The molecule has 1 N–H and O–H groups in total. The van der Waals surface area contributed by atoms with Gasteiger partial charge >= 0.3 is 11.6 Å². The minimum atomic E-state index is -0.871. The number of aliphatic carboxylic acids is 1. The second-order valence-corrected chi connectivity index (χ2v) is 9.47. The second-order valence-electron chi connectivity index (χ2n) is 7.92. The molecule has 1 aromatic heterocycles. The summed E-state index contributed by atoms with van der Waals surface area (Å²) in [5.41, 5.74) is 2.65. The van der Waals surface area contributed by atoms with Crippen molar-refractivity contribution >= 4 is 40.3 Å². The number of hydrogen-bond donors (Lipinski definition) is 1. The fourth-order valence-corrected chi connectivity index (χ4v) is 4.80. The van der Waals surface area contributed by atoms with Crippen LogP contribution in [0.3, 0.4) is 0 Å². The zero-order chi connectivity index (χ0) is 24.0. The van der Waals surface area contributed by atoms with Crippen molar-refractivity contribution in [1.29, 1.82) is 0 Å². The van der Waals surface area contributed by atoms with E-state index in [2.05, 4.69) is 6.92 Å². The third kappa shape index (κ3) is 6.12. The Morgan fingerprint density at radius 3 is 2.67 bits per heavy atom. The van der Waals surface area contributed by atoms with E-state index in [4.69, 9.17) is 25.9 Å². The molecule has 0 bridgehead atoms. The van der Waals surface area contributed by atoms with E-state index in [9.17, 15) is 9.59 Å². The van der Waals surface area contributed by atoms with Gasteiger partial charge in [0.15, 0.2) is 0 Å². The van der Waals surface area contributed by atoms with Crippen LogP contribution in [0.2, 0.25) is 5.02 Å². The summed E-state index contributed by atoms with van der Waals surface area (Å²) in [6.45, 7) is 6.20. The van der Waals surface area contributed by atoms with Gasteiger partial charge in [-0.25, -0.2) is 4.79 Å². The molecule has 3 aromatic rings. The molecule has 0 spiro atoms. The lowest BCUT2D eigenvalue weighted by Gasteiger charge is -2.14. The molecule has 0 aliphatic rings. The maximum absolute atomic E-state index is 12.2. The minimum absolute atomic E-state index is 0.281. The van der Waals surface area contributed by atoms with Crippen molar-refractivity contribution in [3.63, 3.8) is 0 Å². The van der Waals surface area contributed by atoms with Crippen LogP contribution in [-0.2, 0) is 17.6 Å². The molecule has 33 heavy (non-hydrogen) atoms. The average Bonchev–Trinajstić information content (AvgIpc) is 2.80. The van der Waals surface area contributed by atoms with E-state index in [1.807, 2.05) is 37.3 Å². The summed E-state index contributed by atoms with van der Waals surface area (Å²) in [6.07, 6.45) is 3.13. The van der Waals surface area contributed by atoms with E-state index in [1.54, 1.807) is 24.8 Å². The number of benzene rings is 2. The van der Waals surface area contributed by atoms with Gasteiger partial charge in [-0.3, -0.25) is 4.79 Å². The summed E-state index contributed by atoms with van der Waals surface area (Å²) in [7, 11) is 0. The molecule has 1 unspecified atom stereocenters. The first-order chi connectivity index (χ1) is 15.8. The summed E-state index contributed by atoms with van der Waals surface area (Å²) in [6, 6.07) is 11.2. The van der Waals surface area contributed by atoms with E-state index < -0.39 is 11.9 Å². The van der Waals surface area contributed by atoms with Gasteiger partial charge in [0.2, 0.25) is 0 Å². The molecule has 2 aromatic carbocycles. The molecule has 0 radical (unpaired) electrons. The van der Waals surface area contributed by atoms with Crippen molar-refractivity contribution in [3.8, 4) is 5.75 Å². The number of aryl methyl sites for hydroxylation is 2. The molecule has 3 rings (SSSR count). The van der Waals surface area contributed by atoms with Crippen molar-refractivity contribution in [2.24, 2.45) is 0 Å². The van der Waals surface area contributed by atoms with Crippen molar-refractivity contribution in [3.05, 3.63) is 68.5 Å². The third-order valence-corrected chi connectivity index (χ3v) is 7.13. The smallest absolute Gasteiger partial charge is 0.339 e. The predicted molar refractivity (Wildman–Crippen MR) is 134 cm³/mol. The molecule has 1 atom stereocenters. The zero-order valence-corrected chi connectivity index (χ0v) is 20.7. The minimum Gasteiger partial charge on any atom is -0.493 e. The van der Waals surface area contributed by atoms with Crippen LogP contribution in [0, 0.1) is 0 Å². The highest BCUT2D eigenvalue weighted by Gasteiger charge is 2.16. The number of carboxylic acid groups (broad SMARTS) is 1. The highest BCUT2D eigenvalue weighted by molar-refractivity contribution is 7.99. The first-order valence-corrected chi connectivity index (χ1v) is 12.6. The highest BCUT2D eigenvalue weighted by atomic mass is 35.5.